The Bertz CT molecular complexity index is 341. The Morgan fingerprint density at radius 3 is 2.43 bits per heavy atom. The minimum Gasteiger partial charge on any atom is -0.508 e. The zero-order valence-corrected chi connectivity index (χ0v) is 7.86. The molecule has 3 heteroatoms. The molecule has 0 bridgehead atoms. The van der Waals surface area contributed by atoms with Gasteiger partial charge in [0.1, 0.15) is 5.75 Å². The SMILES string of the molecule is C=C(CCc1ccc(O)cc1)C(N)=O. The average molecular weight is 191 g/mol. The van der Waals surface area contributed by atoms with Crippen LogP contribution in [0.4, 0.5) is 0 Å². The van der Waals surface area contributed by atoms with Gasteiger partial charge in [-0.05, 0) is 30.5 Å². The highest BCUT2D eigenvalue weighted by atomic mass is 16.3. The monoisotopic (exact) mass is 191 g/mol. The molecule has 0 saturated heterocycles. The molecule has 0 atom stereocenters. The van der Waals surface area contributed by atoms with Crippen LogP contribution >= 0.6 is 0 Å². The lowest BCUT2D eigenvalue weighted by Gasteiger charge is -2.01. The van der Waals surface area contributed by atoms with Crippen LogP contribution in [0, 0.1) is 0 Å². The number of benzene rings is 1. The Hall–Kier alpha value is -1.77. The van der Waals surface area contributed by atoms with E-state index in [9.17, 15) is 4.79 Å². The number of phenols is 1. The fourth-order valence-corrected chi connectivity index (χ4v) is 1.08. The summed E-state index contributed by atoms with van der Waals surface area (Å²) in [6.45, 7) is 3.56. The van der Waals surface area contributed by atoms with Crippen LogP contribution in [0.3, 0.4) is 0 Å². The van der Waals surface area contributed by atoms with Crippen LogP contribution in [-0.2, 0) is 11.2 Å². The van der Waals surface area contributed by atoms with E-state index in [1.165, 1.54) is 0 Å². The molecule has 0 heterocycles. The van der Waals surface area contributed by atoms with Crippen LogP contribution in [0.1, 0.15) is 12.0 Å². The van der Waals surface area contributed by atoms with Crippen LogP contribution in [0.15, 0.2) is 36.4 Å². The number of carbonyl (C=O) groups is 1. The van der Waals surface area contributed by atoms with Crippen molar-refractivity contribution in [2.45, 2.75) is 12.8 Å². The molecule has 74 valence electrons. The maximum absolute atomic E-state index is 10.7. The molecule has 1 amide bonds. The molecule has 1 aromatic carbocycles. The Kier molecular flexibility index (Phi) is 3.29. The summed E-state index contributed by atoms with van der Waals surface area (Å²) < 4.78 is 0. The summed E-state index contributed by atoms with van der Waals surface area (Å²) in [6, 6.07) is 6.85. The molecule has 3 nitrogen and oxygen atoms in total. The fourth-order valence-electron chi connectivity index (χ4n) is 1.08. The van der Waals surface area contributed by atoms with Gasteiger partial charge in [-0.3, -0.25) is 4.79 Å². The standard InChI is InChI=1S/C11H13NO2/c1-8(11(12)14)2-3-9-4-6-10(13)7-5-9/h4-7,13H,1-3H2,(H2,12,14). The first-order valence-electron chi connectivity index (χ1n) is 4.35. The van der Waals surface area contributed by atoms with Crippen molar-refractivity contribution >= 4 is 5.91 Å². The highest BCUT2D eigenvalue weighted by molar-refractivity contribution is 5.91. The second-order valence-corrected chi connectivity index (χ2v) is 3.13. The smallest absolute Gasteiger partial charge is 0.244 e. The third-order valence-electron chi connectivity index (χ3n) is 2.00. The maximum Gasteiger partial charge on any atom is 0.244 e. The van der Waals surface area contributed by atoms with Gasteiger partial charge in [0.2, 0.25) is 5.91 Å². The van der Waals surface area contributed by atoms with Crippen LogP contribution in [0.25, 0.3) is 0 Å². The molecule has 0 radical (unpaired) electrons. The number of carbonyl (C=O) groups excluding carboxylic acids is 1. The van der Waals surface area contributed by atoms with Crippen molar-refractivity contribution in [3.05, 3.63) is 42.0 Å². The van der Waals surface area contributed by atoms with Crippen molar-refractivity contribution in [1.82, 2.24) is 0 Å². The minimum absolute atomic E-state index is 0.238. The largest absolute Gasteiger partial charge is 0.508 e. The van der Waals surface area contributed by atoms with E-state index in [1.54, 1.807) is 12.1 Å². The second kappa shape index (κ2) is 4.46. The lowest BCUT2D eigenvalue weighted by molar-refractivity contribution is -0.114. The second-order valence-electron chi connectivity index (χ2n) is 3.13. The van der Waals surface area contributed by atoms with Crippen LogP contribution < -0.4 is 5.73 Å². The van der Waals surface area contributed by atoms with E-state index >= 15 is 0 Å². The predicted molar refractivity (Wildman–Crippen MR) is 54.8 cm³/mol. The van der Waals surface area contributed by atoms with Crippen molar-refractivity contribution < 1.29 is 9.90 Å². The molecule has 0 aliphatic heterocycles. The van der Waals surface area contributed by atoms with Gasteiger partial charge in [-0.25, -0.2) is 0 Å². The van der Waals surface area contributed by atoms with Gasteiger partial charge in [0.25, 0.3) is 0 Å². The molecule has 3 N–H and O–H groups in total. The first-order valence-corrected chi connectivity index (χ1v) is 4.35. The van der Waals surface area contributed by atoms with Crippen molar-refractivity contribution in [1.29, 1.82) is 0 Å². The van der Waals surface area contributed by atoms with Gasteiger partial charge < -0.3 is 10.8 Å². The third kappa shape index (κ3) is 2.94. The minimum atomic E-state index is -0.455. The van der Waals surface area contributed by atoms with E-state index in [0.717, 1.165) is 5.56 Å². The molecule has 1 aromatic rings. The number of nitrogens with two attached hydrogens (primary N) is 1. The van der Waals surface area contributed by atoms with E-state index in [-0.39, 0.29) is 5.75 Å². The van der Waals surface area contributed by atoms with Gasteiger partial charge in [0.15, 0.2) is 0 Å². The Morgan fingerprint density at radius 1 is 1.36 bits per heavy atom. The number of amides is 1. The predicted octanol–water partition coefficient (Wildman–Crippen LogP) is 1.37. The first kappa shape index (κ1) is 10.3. The molecule has 0 aliphatic rings. The molecular weight excluding hydrogens is 178 g/mol. The van der Waals surface area contributed by atoms with Gasteiger partial charge in [0.05, 0.1) is 0 Å². The number of hydrogen-bond acceptors (Lipinski definition) is 2. The fraction of sp³-hybridized carbons (Fsp3) is 0.182. The molecule has 0 spiro atoms. The summed E-state index contributed by atoms with van der Waals surface area (Å²) in [5, 5.41) is 9.03. The Balaban J connectivity index is 2.50. The molecule has 14 heavy (non-hydrogen) atoms. The zero-order valence-electron chi connectivity index (χ0n) is 7.86. The van der Waals surface area contributed by atoms with Crippen LogP contribution in [0.2, 0.25) is 0 Å². The summed E-state index contributed by atoms with van der Waals surface area (Å²) in [4.78, 5) is 10.7. The molecule has 0 saturated carbocycles. The molecule has 1 rings (SSSR count). The van der Waals surface area contributed by atoms with Crippen molar-refractivity contribution in [3.8, 4) is 5.75 Å². The molecule has 0 aromatic heterocycles. The highest BCUT2D eigenvalue weighted by Crippen LogP contribution is 2.12. The number of aryl methyl sites for hydroxylation is 1. The van der Waals surface area contributed by atoms with E-state index in [4.69, 9.17) is 10.8 Å². The van der Waals surface area contributed by atoms with Crippen LogP contribution in [0.5, 0.6) is 5.75 Å². The van der Waals surface area contributed by atoms with E-state index in [2.05, 4.69) is 6.58 Å². The topological polar surface area (TPSA) is 63.3 Å². The van der Waals surface area contributed by atoms with E-state index in [0.29, 0.717) is 18.4 Å². The van der Waals surface area contributed by atoms with E-state index in [1.807, 2.05) is 12.1 Å². The number of hydrogen-bond donors (Lipinski definition) is 2. The van der Waals surface area contributed by atoms with Crippen molar-refractivity contribution in [2.75, 3.05) is 0 Å². The van der Waals surface area contributed by atoms with Gasteiger partial charge >= 0.3 is 0 Å². The lowest BCUT2D eigenvalue weighted by atomic mass is 10.1. The summed E-state index contributed by atoms with van der Waals surface area (Å²) in [6.07, 6.45) is 1.27. The highest BCUT2D eigenvalue weighted by Gasteiger charge is 2.01. The number of primary amides is 1. The molecule has 0 aliphatic carbocycles. The molecule has 0 unspecified atom stereocenters. The number of phenolic OH excluding ortho intramolecular Hbond substituents is 1. The summed E-state index contributed by atoms with van der Waals surface area (Å²) >= 11 is 0. The van der Waals surface area contributed by atoms with Gasteiger partial charge in [-0.2, -0.15) is 0 Å². The quantitative estimate of drug-likeness (QED) is 0.706. The van der Waals surface area contributed by atoms with Crippen molar-refractivity contribution in [2.24, 2.45) is 5.73 Å². The van der Waals surface area contributed by atoms with E-state index < -0.39 is 5.91 Å². The Morgan fingerprint density at radius 2 is 1.93 bits per heavy atom. The van der Waals surface area contributed by atoms with Crippen molar-refractivity contribution in [3.63, 3.8) is 0 Å². The average Bonchev–Trinajstić information content (AvgIpc) is 2.16. The number of aromatic hydroxyl groups is 1. The maximum atomic E-state index is 10.7. The summed E-state index contributed by atoms with van der Waals surface area (Å²) in [5.41, 5.74) is 6.52. The lowest BCUT2D eigenvalue weighted by Crippen LogP contribution is -2.13. The summed E-state index contributed by atoms with van der Waals surface area (Å²) in [5.74, 6) is -0.216. The van der Waals surface area contributed by atoms with Crippen LogP contribution in [-0.4, -0.2) is 11.0 Å². The zero-order chi connectivity index (χ0) is 10.6. The third-order valence-corrected chi connectivity index (χ3v) is 2.00. The molecular formula is C11H13NO2. The Labute approximate surface area is 82.9 Å². The number of rotatable bonds is 4. The normalized spacial score (nSPS) is 9.71. The van der Waals surface area contributed by atoms with Gasteiger partial charge in [0, 0.05) is 5.57 Å². The summed E-state index contributed by atoms with van der Waals surface area (Å²) in [7, 11) is 0. The van der Waals surface area contributed by atoms with Gasteiger partial charge in [-0.1, -0.05) is 18.7 Å². The molecule has 0 fully saturated rings. The first-order chi connectivity index (χ1) is 6.59. The van der Waals surface area contributed by atoms with Gasteiger partial charge in [-0.15, -0.1) is 0 Å².